The van der Waals surface area contributed by atoms with Gasteiger partial charge in [-0.25, -0.2) is 4.68 Å². The molecule has 1 aromatic heterocycles. The third-order valence-corrected chi connectivity index (χ3v) is 3.42. The zero-order valence-electron chi connectivity index (χ0n) is 12.2. The number of nitrogens with zero attached hydrogens (tertiary/aromatic N) is 3. The van der Waals surface area contributed by atoms with E-state index in [0.29, 0.717) is 24.4 Å². The van der Waals surface area contributed by atoms with Gasteiger partial charge in [-0.3, -0.25) is 9.69 Å². The van der Waals surface area contributed by atoms with E-state index in [1.54, 1.807) is 0 Å². The SMILES string of the molecule is COc1cnn(CCN(C(C)C)C(C)C)c(=O)c1Cl. The van der Waals surface area contributed by atoms with Crippen molar-refractivity contribution in [3.05, 3.63) is 21.6 Å². The summed E-state index contributed by atoms with van der Waals surface area (Å²) in [6, 6.07) is 0.842. The number of ether oxygens (including phenoxy) is 1. The summed E-state index contributed by atoms with van der Waals surface area (Å²) >= 11 is 5.93. The average molecular weight is 288 g/mol. The summed E-state index contributed by atoms with van der Waals surface area (Å²) in [5.74, 6) is 0.312. The maximum absolute atomic E-state index is 12.0. The topological polar surface area (TPSA) is 47.4 Å². The molecular formula is C13H22ClN3O2. The summed E-state index contributed by atoms with van der Waals surface area (Å²) in [5, 5.41) is 4.15. The largest absolute Gasteiger partial charge is 0.493 e. The van der Waals surface area contributed by atoms with Crippen molar-refractivity contribution in [2.75, 3.05) is 13.7 Å². The third kappa shape index (κ3) is 3.94. The fourth-order valence-corrected chi connectivity index (χ4v) is 2.30. The molecule has 0 aromatic carbocycles. The average Bonchev–Trinajstić information content (AvgIpc) is 2.34. The van der Waals surface area contributed by atoms with Gasteiger partial charge in [-0.15, -0.1) is 0 Å². The molecule has 6 heteroatoms. The van der Waals surface area contributed by atoms with Crippen LogP contribution in [-0.2, 0) is 6.54 Å². The molecule has 0 aliphatic rings. The number of hydrogen-bond acceptors (Lipinski definition) is 4. The van der Waals surface area contributed by atoms with Gasteiger partial charge < -0.3 is 4.74 Å². The molecule has 0 saturated heterocycles. The van der Waals surface area contributed by atoms with Crippen LogP contribution in [0.1, 0.15) is 27.7 Å². The predicted molar refractivity (Wildman–Crippen MR) is 77.0 cm³/mol. The Morgan fingerprint density at radius 3 is 2.42 bits per heavy atom. The second kappa shape index (κ2) is 6.91. The molecule has 0 aliphatic carbocycles. The Kier molecular flexibility index (Phi) is 5.82. The Bertz CT molecular complexity index is 463. The van der Waals surface area contributed by atoms with Gasteiger partial charge in [0.15, 0.2) is 10.8 Å². The van der Waals surface area contributed by atoms with Crippen LogP contribution in [0.5, 0.6) is 5.75 Å². The van der Waals surface area contributed by atoms with Crippen LogP contribution in [0.15, 0.2) is 11.0 Å². The first-order valence-electron chi connectivity index (χ1n) is 6.43. The maximum Gasteiger partial charge on any atom is 0.289 e. The lowest BCUT2D eigenvalue weighted by Crippen LogP contribution is -2.40. The summed E-state index contributed by atoms with van der Waals surface area (Å²) in [6.45, 7) is 9.81. The minimum atomic E-state index is -0.312. The van der Waals surface area contributed by atoms with E-state index < -0.39 is 0 Å². The standard InChI is InChI=1S/C13H22ClN3O2/c1-9(2)16(10(3)4)6-7-17-13(18)12(14)11(19-5)8-15-17/h8-10H,6-7H2,1-5H3. The number of methoxy groups -OCH3 is 1. The van der Waals surface area contributed by atoms with Crippen molar-refractivity contribution in [3.8, 4) is 5.75 Å². The molecule has 0 unspecified atom stereocenters. The Hall–Kier alpha value is -1.07. The first-order valence-corrected chi connectivity index (χ1v) is 6.81. The van der Waals surface area contributed by atoms with Gasteiger partial charge in [0.1, 0.15) is 0 Å². The van der Waals surface area contributed by atoms with Crippen molar-refractivity contribution < 1.29 is 4.74 Å². The molecule has 0 saturated carbocycles. The fraction of sp³-hybridized carbons (Fsp3) is 0.692. The van der Waals surface area contributed by atoms with Crippen LogP contribution in [0.25, 0.3) is 0 Å². The smallest absolute Gasteiger partial charge is 0.289 e. The molecule has 0 spiro atoms. The van der Waals surface area contributed by atoms with E-state index in [1.165, 1.54) is 18.0 Å². The predicted octanol–water partition coefficient (Wildman–Crippen LogP) is 2.02. The van der Waals surface area contributed by atoms with Crippen LogP contribution >= 0.6 is 11.6 Å². The summed E-state index contributed by atoms with van der Waals surface area (Å²) in [7, 11) is 1.46. The van der Waals surface area contributed by atoms with E-state index in [4.69, 9.17) is 16.3 Å². The highest BCUT2D eigenvalue weighted by Gasteiger charge is 2.15. The monoisotopic (exact) mass is 287 g/mol. The Morgan fingerprint density at radius 2 is 1.95 bits per heavy atom. The molecule has 1 heterocycles. The molecule has 0 N–H and O–H groups in total. The van der Waals surface area contributed by atoms with Gasteiger partial charge in [0.25, 0.3) is 5.56 Å². The third-order valence-electron chi connectivity index (χ3n) is 3.07. The van der Waals surface area contributed by atoms with Gasteiger partial charge in [0, 0.05) is 18.6 Å². The second-order valence-electron chi connectivity index (χ2n) is 4.98. The molecule has 0 aliphatic heterocycles. The van der Waals surface area contributed by atoms with E-state index in [2.05, 4.69) is 37.7 Å². The van der Waals surface area contributed by atoms with Gasteiger partial charge in [-0.05, 0) is 27.7 Å². The highest BCUT2D eigenvalue weighted by molar-refractivity contribution is 6.31. The molecular weight excluding hydrogens is 266 g/mol. The number of halogens is 1. The summed E-state index contributed by atoms with van der Waals surface area (Å²) in [5.41, 5.74) is -0.312. The van der Waals surface area contributed by atoms with Gasteiger partial charge in [0.2, 0.25) is 0 Å². The number of hydrogen-bond donors (Lipinski definition) is 0. The Labute approximate surface area is 119 Å². The molecule has 0 amide bonds. The number of aromatic nitrogens is 2. The van der Waals surface area contributed by atoms with Crippen molar-refractivity contribution in [1.82, 2.24) is 14.7 Å². The van der Waals surface area contributed by atoms with Crippen LogP contribution in [0.4, 0.5) is 0 Å². The van der Waals surface area contributed by atoms with E-state index >= 15 is 0 Å². The lowest BCUT2D eigenvalue weighted by molar-refractivity contribution is 0.165. The summed E-state index contributed by atoms with van der Waals surface area (Å²) < 4.78 is 6.34. The molecule has 5 nitrogen and oxygen atoms in total. The Balaban J connectivity index is 2.84. The lowest BCUT2D eigenvalue weighted by Gasteiger charge is -2.30. The highest BCUT2D eigenvalue weighted by atomic mass is 35.5. The van der Waals surface area contributed by atoms with Crippen molar-refractivity contribution in [1.29, 1.82) is 0 Å². The van der Waals surface area contributed by atoms with E-state index in [1.807, 2.05) is 0 Å². The quantitative estimate of drug-likeness (QED) is 0.803. The van der Waals surface area contributed by atoms with Gasteiger partial charge in [0.05, 0.1) is 19.9 Å². The van der Waals surface area contributed by atoms with Gasteiger partial charge >= 0.3 is 0 Å². The fourth-order valence-electron chi connectivity index (χ4n) is 2.07. The molecule has 0 radical (unpaired) electrons. The molecule has 0 fully saturated rings. The zero-order chi connectivity index (χ0) is 14.6. The van der Waals surface area contributed by atoms with Gasteiger partial charge in [-0.2, -0.15) is 5.10 Å². The normalized spacial score (nSPS) is 11.6. The molecule has 1 rings (SSSR count). The van der Waals surface area contributed by atoms with E-state index in [9.17, 15) is 4.79 Å². The van der Waals surface area contributed by atoms with Crippen LogP contribution in [0.3, 0.4) is 0 Å². The van der Waals surface area contributed by atoms with Crippen LogP contribution in [0, 0.1) is 0 Å². The molecule has 19 heavy (non-hydrogen) atoms. The second-order valence-corrected chi connectivity index (χ2v) is 5.36. The lowest BCUT2D eigenvalue weighted by atomic mass is 10.2. The molecule has 0 bridgehead atoms. The maximum atomic E-state index is 12.0. The first-order chi connectivity index (χ1) is 8.88. The summed E-state index contributed by atoms with van der Waals surface area (Å²) in [6.07, 6.45) is 1.47. The molecule has 108 valence electrons. The van der Waals surface area contributed by atoms with Crippen LogP contribution < -0.4 is 10.3 Å². The van der Waals surface area contributed by atoms with Crippen LogP contribution in [0.2, 0.25) is 5.02 Å². The minimum Gasteiger partial charge on any atom is -0.493 e. The van der Waals surface area contributed by atoms with Crippen molar-refractivity contribution in [3.63, 3.8) is 0 Å². The van der Waals surface area contributed by atoms with E-state index in [-0.39, 0.29) is 10.6 Å². The first kappa shape index (κ1) is 16.0. The Morgan fingerprint density at radius 1 is 1.37 bits per heavy atom. The molecule has 0 atom stereocenters. The van der Waals surface area contributed by atoms with Gasteiger partial charge in [-0.1, -0.05) is 11.6 Å². The minimum absolute atomic E-state index is 0.0816. The van der Waals surface area contributed by atoms with Crippen molar-refractivity contribution >= 4 is 11.6 Å². The number of rotatable bonds is 6. The van der Waals surface area contributed by atoms with Crippen molar-refractivity contribution in [2.24, 2.45) is 0 Å². The summed E-state index contributed by atoms with van der Waals surface area (Å²) in [4.78, 5) is 14.3. The molecule has 1 aromatic rings. The highest BCUT2D eigenvalue weighted by Crippen LogP contribution is 2.17. The van der Waals surface area contributed by atoms with Crippen molar-refractivity contribution in [2.45, 2.75) is 46.3 Å². The van der Waals surface area contributed by atoms with Crippen LogP contribution in [-0.4, -0.2) is 40.4 Å². The zero-order valence-corrected chi connectivity index (χ0v) is 12.9. The van der Waals surface area contributed by atoms with E-state index in [0.717, 1.165) is 6.54 Å².